The van der Waals surface area contributed by atoms with Gasteiger partial charge in [-0.1, -0.05) is 15.9 Å². The quantitative estimate of drug-likeness (QED) is 0.641. The molecule has 0 fully saturated rings. The van der Waals surface area contributed by atoms with Gasteiger partial charge in [0.2, 0.25) is 0 Å². The van der Waals surface area contributed by atoms with Crippen molar-refractivity contribution in [3.05, 3.63) is 58.2 Å². The van der Waals surface area contributed by atoms with Crippen molar-refractivity contribution < 1.29 is 8.81 Å². The number of hydrogen-bond donors (Lipinski definition) is 2. The Morgan fingerprint density at radius 2 is 2.19 bits per heavy atom. The lowest BCUT2D eigenvalue weighted by Gasteiger charge is -2.11. The number of halogens is 2. The van der Waals surface area contributed by atoms with Crippen LogP contribution in [0.1, 0.15) is 11.1 Å². The Hall–Kier alpha value is -1.82. The molecule has 0 spiro atoms. The minimum absolute atomic E-state index is 0.193. The van der Waals surface area contributed by atoms with Gasteiger partial charge in [0.1, 0.15) is 5.82 Å². The number of hydrogen-bond acceptors (Lipinski definition) is 2. The molecule has 2 aromatic rings. The van der Waals surface area contributed by atoms with E-state index in [-0.39, 0.29) is 5.82 Å². The highest BCUT2D eigenvalue weighted by atomic mass is 79.9. The summed E-state index contributed by atoms with van der Waals surface area (Å²) in [6.07, 6.45) is 3.89. The summed E-state index contributed by atoms with van der Waals surface area (Å²) in [4.78, 5) is 4.12. The molecule has 0 atom stereocenters. The summed E-state index contributed by atoms with van der Waals surface area (Å²) < 4.78 is 19.5. The molecule has 2 rings (SSSR count). The van der Waals surface area contributed by atoms with E-state index < -0.39 is 0 Å². The fourth-order valence-electron chi connectivity index (χ4n) is 1.85. The van der Waals surface area contributed by atoms with Crippen molar-refractivity contribution in [1.82, 2.24) is 10.6 Å². The van der Waals surface area contributed by atoms with Crippen LogP contribution >= 0.6 is 15.9 Å². The van der Waals surface area contributed by atoms with E-state index in [0.29, 0.717) is 31.0 Å². The predicted octanol–water partition coefficient (Wildman–Crippen LogP) is 3.09. The fraction of sp³-hybridized carbons (Fsp3) is 0.267. The van der Waals surface area contributed by atoms with Crippen LogP contribution in [0.3, 0.4) is 0 Å². The van der Waals surface area contributed by atoms with Gasteiger partial charge in [-0.15, -0.1) is 0 Å². The molecule has 0 saturated carbocycles. The lowest BCUT2D eigenvalue weighted by Crippen LogP contribution is -2.37. The summed E-state index contributed by atoms with van der Waals surface area (Å²) in [5.41, 5.74) is 1.71. The van der Waals surface area contributed by atoms with Crippen LogP contribution in [0.15, 0.2) is 50.7 Å². The van der Waals surface area contributed by atoms with Crippen LogP contribution in [0.2, 0.25) is 0 Å². The summed E-state index contributed by atoms with van der Waals surface area (Å²) in [5, 5.41) is 6.31. The lowest BCUT2D eigenvalue weighted by atomic mass is 10.1. The van der Waals surface area contributed by atoms with Crippen molar-refractivity contribution >= 4 is 21.9 Å². The van der Waals surface area contributed by atoms with Gasteiger partial charge in [0.05, 0.1) is 12.5 Å². The van der Waals surface area contributed by atoms with Gasteiger partial charge in [-0.2, -0.15) is 0 Å². The van der Waals surface area contributed by atoms with Crippen LogP contribution in [-0.2, 0) is 13.0 Å². The van der Waals surface area contributed by atoms with Crippen LogP contribution in [0.5, 0.6) is 0 Å². The van der Waals surface area contributed by atoms with Crippen molar-refractivity contribution in [1.29, 1.82) is 0 Å². The zero-order chi connectivity index (χ0) is 15.1. The SMILES string of the molecule is CN=C(NCCc1cc(Br)ccc1F)NCc1ccoc1. The second-order valence-corrected chi connectivity index (χ2v) is 5.39. The maximum absolute atomic E-state index is 13.6. The van der Waals surface area contributed by atoms with Crippen LogP contribution in [0.25, 0.3) is 0 Å². The first-order chi connectivity index (χ1) is 10.2. The number of nitrogens with one attached hydrogen (secondary N) is 2. The predicted molar refractivity (Wildman–Crippen MR) is 84.7 cm³/mol. The number of benzene rings is 1. The Balaban J connectivity index is 1.79. The molecule has 0 amide bonds. The van der Waals surface area contributed by atoms with Crippen LogP contribution < -0.4 is 10.6 Å². The van der Waals surface area contributed by atoms with Crippen molar-refractivity contribution in [2.75, 3.05) is 13.6 Å². The Morgan fingerprint density at radius 1 is 1.33 bits per heavy atom. The molecule has 21 heavy (non-hydrogen) atoms. The summed E-state index contributed by atoms with van der Waals surface area (Å²) >= 11 is 3.35. The van der Waals surface area contributed by atoms with Crippen LogP contribution in [-0.4, -0.2) is 19.6 Å². The van der Waals surface area contributed by atoms with Crippen LogP contribution in [0.4, 0.5) is 4.39 Å². The van der Waals surface area contributed by atoms with Crippen molar-refractivity contribution in [2.24, 2.45) is 4.99 Å². The van der Waals surface area contributed by atoms with Gasteiger partial charge in [-0.25, -0.2) is 4.39 Å². The highest BCUT2D eigenvalue weighted by Crippen LogP contribution is 2.15. The smallest absolute Gasteiger partial charge is 0.191 e. The number of nitrogens with zero attached hydrogens (tertiary/aromatic N) is 1. The Bertz CT molecular complexity index is 599. The molecule has 2 N–H and O–H groups in total. The van der Waals surface area contributed by atoms with Gasteiger partial charge in [-0.3, -0.25) is 4.99 Å². The molecule has 0 unspecified atom stereocenters. The van der Waals surface area contributed by atoms with E-state index >= 15 is 0 Å². The molecule has 0 bridgehead atoms. The highest BCUT2D eigenvalue weighted by Gasteiger charge is 2.04. The normalized spacial score (nSPS) is 11.5. The topological polar surface area (TPSA) is 49.6 Å². The molecule has 0 aliphatic carbocycles. The molecule has 4 nitrogen and oxygen atoms in total. The molecular weight excluding hydrogens is 337 g/mol. The third-order valence-electron chi connectivity index (χ3n) is 2.96. The standard InChI is InChI=1S/C15H17BrFN3O/c1-18-15(20-9-11-5-7-21-10-11)19-6-4-12-8-13(16)2-3-14(12)17/h2-3,5,7-8,10H,4,6,9H2,1H3,(H2,18,19,20). The summed E-state index contributed by atoms with van der Waals surface area (Å²) in [5.74, 6) is 0.480. The van der Waals surface area contributed by atoms with Gasteiger partial charge in [0.25, 0.3) is 0 Å². The summed E-state index contributed by atoms with van der Waals surface area (Å²) in [6, 6.07) is 6.83. The molecule has 0 aliphatic rings. The first-order valence-corrected chi connectivity index (χ1v) is 7.38. The number of rotatable bonds is 5. The second kappa shape index (κ2) is 7.83. The third-order valence-corrected chi connectivity index (χ3v) is 3.45. The lowest BCUT2D eigenvalue weighted by molar-refractivity contribution is 0.563. The number of furan rings is 1. The van der Waals surface area contributed by atoms with Gasteiger partial charge in [-0.05, 0) is 36.2 Å². The number of aliphatic imine (C=N–C) groups is 1. The molecule has 1 aromatic carbocycles. The van der Waals surface area contributed by atoms with E-state index in [1.165, 1.54) is 6.07 Å². The third kappa shape index (κ3) is 4.90. The van der Waals surface area contributed by atoms with E-state index in [1.807, 2.05) is 6.07 Å². The maximum Gasteiger partial charge on any atom is 0.191 e. The molecule has 0 aliphatic heterocycles. The van der Waals surface area contributed by atoms with Gasteiger partial charge >= 0.3 is 0 Å². The van der Waals surface area contributed by atoms with E-state index in [1.54, 1.807) is 31.7 Å². The van der Waals surface area contributed by atoms with Crippen LogP contribution in [0, 0.1) is 5.82 Å². The van der Waals surface area contributed by atoms with Gasteiger partial charge in [0.15, 0.2) is 5.96 Å². The molecular formula is C15H17BrFN3O. The second-order valence-electron chi connectivity index (χ2n) is 4.47. The van der Waals surface area contributed by atoms with E-state index in [4.69, 9.17) is 4.42 Å². The van der Waals surface area contributed by atoms with E-state index in [9.17, 15) is 4.39 Å². The monoisotopic (exact) mass is 353 g/mol. The molecule has 0 radical (unpaired) electrons. The Morgan fingerprint density at radius 3 is 2.90 bits per heavy atom. The average molecular weight is 354 g/mol. The van der Waals surface area contributed by atoms with E-state index in [2.05, 4.69) is 31.6 Å². The Labute approximate surface area is 131 Å². The fourth-order valence-corrected chi connectivity index (χ4v) is 2.26. The van der Waals surface area contributed by atoms with E-state index in [0.717, 1.165) is 10.0 Å². The minimum Gasteiger partial charge on any atom is -0.472 e. The summed E-state index contributed by atoms with van der Waals surface area (Å²) in [7, 11) is 1.70. The largest absolute Gasteiger partial charge is 0.472 e. The van der Waals surface area contributed by atoms with Crippen molar-refractivity contribution in [2.45, 2.75) is 13.0 Å². The van der Waals surface area contributed by atoms with Crippen molar-refractivity contribution in [3.8, 4) is 0 Å². The molecule has 6 heteroatoms. The van der Waals surface area contributed by atoms with Gasteiger partial charge < -0.3 is 15.1 Å². The molecule has 1 heterocycles. The minimum atomic E-state index is -0.193. The maximum atomic E-state index is 13.6. The van der Waals surface area contributed by atoms with Crippen molar-refractivity contribution in [3.63, 3.8) is 0 Å². The first-order valence-electron chi connectivity index (χ1n) is 6.58. The van der Waals surface area contributed by atoms with Gasteiger partial charge in [0, 0.05) is 30.2 Å². The zero-order valence-electron chi connectivity index (χ0n) is 11.7. The summed E-state index contributed by atoms with van der Waals surface area (Å²) in [6.45, 7) is 1.22. The first kappa shape index (κ1) is 15.6. The molecule has 0 saturated heterocycles. The average Bonchev–Trinajstić information content (AvgIpc) is 2.99. The highest BCUT2D eigenvalue weighted by molar-refractivity contribution is 9.10. The zero-order valence-corrected chi connectivity index (χ0v) is 13.3. The Kier molecular flexibility index (Phi) is 5.80. The molecule has 112 valence electrons. The molecule has 1 aromatic heterocycles. The number of guanidine groups is 1.